The maximum Gasteiger partial charge on any atom is 0.317 e. The fourth-order valence-electron chi connectivity index (χ4n) is 2.45. The number of methoxy groups -OCH3 is 1. The summed E-state index contributed by atoms with van der Waals surface area (Å²) >= 11 is 1.57. The van der Waals surface area contributed by atoms with E-state index in [1.807, 2.05) is 24.4 Å². The van der Waals surface area contributed by atoms with Crippen molar-refractivity contribution >= 4 is 17.4 Å². The van der Waals surface area contributed by atoms with Gasteiger partial charge in [0, 0.05) is 23.7 Å². The third-order valence-electron chi connectivity index (χ3n) is 3.68. The maximum absolute atomic E-state index is 12.4. The lowest BCUT2D eigenvalue weighted by Gasteiger charge is -2.32. The average molecular weight is 348 g/mol. The highest BCUT2D eigenvalue weighted by Gasteiger charge is 2.27. The number of thiazole rings is 1. The van der Waals surface area contributed by atoms with Gasteiger partial charge < -0.3 is 19.7 Å². The highest BCUT2D eigenvalue weighted by atomic mass is 32.1. The Kier molecular flexibility index (Phi) is 5.27. The van der Waals surface area contributed by atoms with Crippen LogP contribution in [-0.2, 0) is 11.3 Å². The second-order valence-corrected chi connectivity index (χ2v) is 6.35. The van der Waals surface area contributed by atoms with E-state index in [-0.39, 0.29) is 12.1 Å². The minimum atomic E-state index is -0.154. The van der Waals surface area contributed by atoms with Crippen molar-refractivity contribution in [2.24, 2.45) is 0 Å². The number of nitrogens with zero attached hydrogens (tertiary/aromatic N) is 3. The zero-order valence-corrected chi connectivity index (χ0v) is 14.5. The molecule has 0 bridgehead atoms. The number of hydrogen-bond acceptors (Lipinski definition) is 6. The maximum atomic E-state index is 12.4. The van der Waals surface area contributed by atoms with Crippen LogP contribution in [0.4, 0.5) is 4.79 Å². The molecule has 7 nitrogen and oxygen atoms in total. The summed E-state index contributed by atoms with van der Waals surface area (Å²) in [6.07, 6.45) is -0.154. The van der Waals surface area contributed by atoms with E-state index in [9.17, 15) is 4.79 Å². The number of carbonyl (C=O) groups excluding carboxylic acids is 1. The number of carbonyl (C=O) groups is 1. The van der Waals surface area contributed by atoms with Crippen LogP contribution >= 0.6 is 11.3 Å². The lowest BCUT2D eigenvalue weighted by molar-refractivity contribution is -0.0156. The molecule has 1 N–H and O–H groups in total. The van der Waals surface area contributed by atoms with Gasteiger partial charge in [0.1, 0.15) is 11.1 Å². The second-order valence-electron chi connectivity index (χ2n) is 5.46. The van der Waals surface area contributed by atoms with E-state index in [0.717, 1.165) is 16.4 Å². The molecule has 1 aliphatic heterocycles. The molecular formula is C16H20N4O3S. The standard InChI is InChI=1S/C16H20N4O3S/c1-11-10-24-15(18-11)13-9-20(6-7-23-13)16(21)17-8-12-4-3-5-14(19-12)22-2/h3-5,10,13H,6-9H2,1-2H3,(H,17,21)/t13-/m1/s1. The van der Waals surface area contributed by atoms with Gasteiger partial charge in [-0.15, -0.1) is 11.3 Å². The molecule has 1 aliphatic rings. The number of pyridine rings is 1. The molecular weight excluding hydrogens is 328 g/mol. The molecule has 1 atom stereocenters. The Balaban J connectivity index is 1.56. The van der Waals surface area contributed by atoms with E-state index in [1.54, 1.807) is 29.4 Å². The van der Waals surface area contributed by atoms with Crippen LogP contribution in [0.25, 0.3) is 0 Å². The van der Waals surface area contributed by atoms with E-state index in [4.69, 9.17) is 9.47 Å². The van der Waals surface area contributed by atoms with Gasteiger partial charge in [0.2, 0.25) is 5.88 Å². The molecule has 2 amide bonds. The van der Waals surface area contributed by atoms with Crippen LogP contribution in [-0.4, -0.2) is 47.7 Å². The first-order chi connectivity index (χ1) is 11.7. The third-order valence-corrected chi connectivity index (χ3v) is 4.73. The molecule has 1 fully saturated rings. The van der Waals surface area contributed by atoms with Gasteiger partial charge in [-0.2, -0.15) is 0 Å². The van der Waals surface area contributed by atoms with Crippen LogP contribution in [0.15, 0.2) is 23.6 Å². The van der Waals surface area contributed by atoms with Gasteiger partial charge in [-0.3, -0.25) is 0 Å². The zero-order chi connectivity index (χ0) is 16.9. The van der Waals surface area contributed by atoms with Crippen LogP contribution in [0, 0.1) is 6.92 Å². The lowest BCUT2D eigenvalue weighted by Crippen LogP contribution is -2.47. The van der Waals surface area contributed by atoms with E-state index in [2.05, 4.69) is 15.3 Å². The normalized spacial score (nSPS) is 17.6. The number of amides is 2. The first kappa shape index (κ1) is 16.7. The van der Waals surface area contributed by atoms with Gasteiger partial charge in [0.05, 0.1) is 32.5 Å². The van der Waals surface area contributed by atoms with Crippen molar-refractivity contribution in [2.45, 2.75) is 19.6 Å². The number of morpholine rings is 1. The molecule has 128 valence electrons. The Bertz CT molecular complexity index is 706. The summed E-state index contributed by atoms with van der Waals surface area (Å²) in [6, 6.07) is 5.35. The number of nitrogens with one attached hydrogen (secondary N) is 1. The van der Waals surface area contributed by atoms with E-state index in [0.29, 0.717) is 32.1 Å². The quantitative estimate of drug-likeness (QED) is 0.916. The number of aromatic nitrogens is 2. The molecule has 8 heteroatoms. The van der Waals surface area contributed by atoms with Crippen molar-refractivity contribution in [3.05, 3.63) is 40.0 Å². The Morgan fingerprint density at radius 1 is 1.50 bits per heavy atom. The Morgan fingerprint density at radius 2 is 2.38 bits per heavy atom. The molecule has 0 radical (unpaired) electrons. The SMILES string of the molecule is COc1cccc(CNC(=O)N2CCO[C@@H](c3nc(C)cs3)C2)n1. The fourth-order valence-corrected chi connectivity index (χ4v) is 3.29. The Morgan fingerprint density at radius 3 is 3.12 bits per heavy atom. The van der Waals surface area contributed by atoms with Crippen molar-refractivity contribution in [3.63, 3.8) is 0 Å². The Hall–Kier alpha value is -2.19. The number of hydrogen-bond donors (Lipinski definition) is 1. The first-order valence-corrected chi connectivity index (χ1v) is 8.60. The molecule has 0 spiro atoms. The van der Waals surface area contributed by atoms with Crippen molar-refractivity contribution in [2.75, 3.05) is 26.8 Å². The summed E-state index contributed by atoms with van der Waals surface area (Å²) in [5.74, 6) is 0.535. The fraction of sp³-hybridized carbons (Fsp3) is 0.438. The molecule has 2 aromatic rings. The number of ether oxygens (including phenoxy) is 2. The summed E-state index contributed by atoms with van der Waals surface area (Å²) in [5, 5.41) is 5.80. The monoisotopic (exact) mass is 348 g/mol. The minimum Gasteiger partial charge on any atom is -0.481 e. The molecule has 24 heavy (non-hydrogen) atoms. The summed E-state index contributed by atoms with van der Waals surface area (Å²) in [4.78, 5) is 22.9. The van der Waals surface area contributed by atoms with Gasteiger partial charge in [0.25, 0.3) is 0 Å². The summed E-state index contributed by atoms with van der Waals surface area (Å²) < 4.78 is 10.8. The number of urea groups is 1. The van der Waals surface area contributed by atoms with Crippen LogP contribution in [0.2, 0.25) is 0 Å². The largest absolute Gasteiger partial charge is 0.481 e. The highest BCUT2D eigenvalue weighted by molar-refractivity contribution is 7.09. The average Bonchev–Trinajstić information content (AvgIpc) is 3.06. The highest BCUT2D eigenvalue weighted by Crippen LogP contribution is 2.25. The van der Waals surface area contributed by atoms with E-state index in [1.165, 1.54) is 0 Å². The number of aryl methyl sites for hydroxylation is 1. The second kappa shape index (κ2) is 7.59. The van der Waals surface area contributed by atoms with Crippen molar-refractivity contribution in [1.29, 1.82) is 0 Å². The third kappa shape index (κ3) is 4.01. The lowest BCUT2D eigenvalue weighted by atomic mass is 10.3. The molecule has 0 unspecified atom stereocenters. The number of rotatable bonds is 4. The van der Waals surface area contributed by atoms with Crippen LogP contribution in [0.1, 0.15) is 22.5 Å². The van der Waals surface area contributed by atoms with Crippen LogP contribution in [0.5, 0.6) is 5.88 Å². The zero-order valence-electron chi connectivity index (χ0n) is 13.7. The predicted molar refractivity (Wildman–Crippen MR) is 90.1 cm³/mol. The minimum absolute atomic E-state index is 0.124. The molecule has 1 saturated heterocycles. The summed E-state index contributed by atoms with van der Waals surface area (Å²) in [5.41, 5.74) is 1.73. The van der Waals surface area contributed by atoms with E-state index < -0.39 is 0 Å². The van der Waals surface area contributed by atoms with Crippen LogP contribution < -0.4 is 10.1 Å². The summed E-state index contributed by atoms with van der Waals surface area (Å²) in [7, 11) is 1.57. The van der Waals surface area contributed by atoms with Crippen molar-refractivity contribution < 1.29 is 14.3 Å². The van der Waals surface area contributed by atoms with E-state index >= 15 is 0 Å². The van der Waals surface area contributed by atoms with Gasteiger partial charge in [0.15, 0.2) is 0 Å². The molecule has 0 aromatic carbocycles. The van der Waals surface area contributed by atoms with Crippen LogP contribution in [0.3, 0.4) is 0 Å². The summed E-state index contributed by atoms with van der Waals surface area (Å²) in [6.45, 7) is 3.89. The van der Waals surface area contributed by atoms with Crippen molar-refractivity contribution in [3.8, 4) is 5.88 Å². The van der Waals surface area contributed by atoms with Crippen molar-refractivity contribution in [1.82, 2.24) is 20.2 Å². The van der Waals surface area contributed by atoms with Gasteiger partial charge in [-0.25, -0.2) is 14.8 Å². The predicted octanol–water partition coefficient (Wildman–Crippen LogP) is 2.14. The molecule has 0 aliphatic carbocycles. The van der Waals surface area contributed by atoms with Gasteiger partial charge in [-0.1, -0.05) is 6.07 Å². The Labute approximate surface area is 144 Å². The molecule has 3 rings (SSSR count). The first-order valence-electron chi connectivity index (χ1n) is 7.72. The molecule has 0 saturated carbocycles. The molecule has 3 heterocycles. The molecule has 2 aromatic heterocycles. The van der Waals surface area contributed by atoms with Gasteiger partial charge in [-0.05, 0) is 13.0 Å². The van der Waals surface area contributed by atoms with Gasteiger partial charge >= 0.3 is 6.03 Å². The smallest absolute Gasteiger partial charge is 0.317 e. The topological polar surface area (TPSA) is 76.6 Å².